The van der Waals surface area contributed by atoms with Gasteiger partial charge in [0.15, 0.2) is 0 Å². The number of carbonyl (C=O) groups is 2. The van der Waals surface area contributed by atoms with E-state index in [2.05, 4.69) is 24.4 Å². The summed E-state index contributed by atoms with van der Waals surface area (Å²) in [6.45, 7) is 6.51. The summed E-state index contributed by atoms with van der Waals surface area (Å²) in [5.41, 5.74) is 6.77. The number of amides is 2. The minimum absolute atomic E-state index is 0.141. The van der Waals surface area contributed by atoms with Crippen molar-refractivity contribution in [1.82, 2.24) is 10.1 Å². The first kappa shape index (κ1) is 20.3. The maximum absolute atomic E-state index is 12.6. The van der Waals surface area contributed by atoms with E-state index >= 15 is 0 Å². The number of nitrogens with two attached hydrogens (primary N) is 1. The number of nitrogens with one attached hydrogen (secondary N) is 1. The smallest absolute Gasteiger partial charge is 0.269 e. The molecule has 1 aliphatic heterocycles. The Hall–Kier alpha value is -1.99. The average Bonchev–Trinajstić information content (AvgIpc) is 3.14. The summed E-state index contributed by atoms with van der Waals surface area (Å²) in [7, 11) is 0.404. The predicted octanol–water partition coefficient (Wildman–Crippen LogP) is -0.503. The van der Waals surface area contributed by atoms with Crippen molar-refractivity contribution in [2.24, 2.45) is 5.73 Å². The molecular formula is C19H26BN3O2S. The summed E-state index contributed by atoms with van der Waals surface area (Å²) in [6.07, 6.45) is 5.44. The van der Waals surface area contributed by atoms with Gasteiger partial charge < -0.3 is 15.9 Å². The lowest BCUT2D eigenvalue weighted by Gasteiger charge is -2.26. The summed E-state index contributed by atoms with van der Waals surface area (Å²) in [5, 5.41) is 4.90. The summed E-state index contributed by atoms with van der Waals surface area (Å²) in [5.74, 6) is -0.0782. The highest BCUT2D eigenvalue weighted by atomic mass is 32.1. The second-order valence-corrected chi connectivity index (χ2v) is 6.77. The maximum atomic E-state index is 12.6. The van der Waals surface area contributed by atoms with Crippen LogP contribution in [0, 0.1) is 0 Å². The molecule has 1 aromatic carbocycles. The van der Waals surface area contributed by atoms with Gasteiger partial charge in [0.05, 0.1) is 6.04 Å². The number of hydrogen-bond acceptors (Lipinski definition) is 4. The highest BCUT2D eigenvalue weighted by molar-refractivity contribution is 7.80. The molecule has 0 radical (unpaired) electrons. The molecule has 0 aromatic heterocycles. The van der Waals surface area contributed by atoms with E-state index in [1.54, 1.807) is 4.90 Å². The molecular weight excluding hydrogens is 345 g/mol. The minimum atomic E-state index is -0.667. The summed E-state index contributed by atoms with van der Waals surface area (Å²) in [4.78, 5) is 26.5. The molecule has 0 unspecified atom stereocenters. The maximum Gasteiger partial charge on any atom is 0.269 e. The van der Waals surface area contributed by atoms with E-state index in [4.69, 9.17) is 5.73 Å². The third-order valence-electron chi connectivity index (χ3n) is 4.59. The molecule has 0 saturated carbocycles. The van der Waals surface area contributed by atoms with Gasteiger partial charge in [0.2, 0.25) is 11.8 Å². The first-order valence-electron chi connectivity index (χ1n) is 8.83. The lowest BCUT2D eigenvalue weighted by atomic mass is 9.80. The molecule has 0 bridgehead atoms. The lowest BCUT2D eigenvalue weighted by molar-refractivity contribution is -0.138. The molecule has 2 rings (SSSR count). The zero-order valence-electron chi connectivity index (χ0n) is 15.1. The van der Waals surface area contributed by atoms with E-state index in [1.807, 2.05) is 43.3 Å². The first-order chi connectivity index (χ1) is 12.5. The zero-order chi connectivity index (χ0) is 19.1. The molecule has 138 valence electrons. The first-order valence-corrected chi connectivity index (χ1v) is 9.46. The Morgan fingerprint density at radius 2 is 2.23 bits per heavy atom. The largest absolute Gasteiger partial charge is 0.396 e. The Morgan fingerprint density at radius 1 is 1.50 bits per heavy atom. The quantitative estimate of drug-likeness (QED) is 0.466. The molecule has 26 heavy (non-hydrogen) atoms. The molecule has 2 atom stereocenters. The molecule has 5 nitrogen and oxygen atoms in total. The standard InChI is InChI=1S/C19H26BN3O2S/c1-3-15(11-14-8-5-4-7-13(14)2)20-22-18(24)17-9-6-10-23(17)19(25)16(21)12-26/h3-5,7-8,11,16-17,20,26H,2,6,9-10,12,21H2,1H3,(H,22,24)/b14-11-,15-3+/t16-,17-/m0/s1. The van der Waals surface area contributed by atoms with Gasteiger partial charge >= 0.3 is 0 Å². The van der Waals surface area contributed by atoms with Gasteiger partial charge in [0.25, 0.3) is 7.41 Å². The fourth-order valence-corrected chi connectivity index (χ4v) is 3.17. The van der Waals surface area contributed by atoms with E-state index in [9.17, 15) is 9.59 Å². The van der Waals surface area contributed by atoms with Crippen LogP contribution < -0.4 is 21.4 Å². The number of likely N-dealkylation sites (tertiary alicyclic amines) is 1. The summed E-state index contributed by atoms with van der Waals surface area (Å²) < 4.78 is 0. The molecule has 1 saturated heterocycles. The van der Waals surface area contributed by atoms with Gasteiger partial charge in [-0.15, -0.1) is 0 Å². The molecule has 1 heterocycles. The van der Waals surface area contributed by atoms with Gasteiger partial charge in [-0.05, 0) is 30.2 Å². The van der Waals surface area contributed by atoms with Crippen LogP contribution in [0.4, 0.5) is 0 Å². The van der Waals surface area contributed by atoms with Gasteiger partial charge in [-0.3, -0.25) is 9.59 Å². The normalized spacial score (nSPS) is 19.3. The topological polar surface area (TPSA) is 75.4 Å². The van der Waals surface area contributed by atoms with Crippen molar-refractivity contribution in [3.8, 4) is 0 Å². The second-order valence-electron chi connectivity index (χ2n) is 6.40. The van der Waals surface area contributed by atoms with Crippen molar-refractivity contribution < 1.29 is 9.59 Å². The zero-order valence-corrected chi connectivity index (χ0v) is 16.0. The van der Waals surface area contributed by atoms with E-state index < -0.39 is 12.1 Å². The highest BCUT2D eigenvalue weighted by Crippen LogP contribution is 2.18. The Labute approximate surface area is 160 Å². The Kier molecular flexibility index (Phi) is 7.54. The molecule has 2 amide bonds. The van der Waals surface area contributed by atoms with E-state index in [-0.39, 0.29) is 17.6 Å². The van der Waals surface area contributed by atoms with Gasteiger partial charge in [-0.2, -0.15) is 12.6 Å². The predicted molar refractivity (Wildman–Crippen MR) is 111 cm³/mol. The van der Waals surface area contributed by atoms with Crippen molar-refractivity contribution in [2.75, 3.05) is 12.3 Å². The molecule has 1 fully saturated rings. The average molecular weight is 371 g/mol. The van der Waals surface area contributed by atoms with E-state index in [1.165, 1.54) is 0 Å². The molecule has 7 heteroatoms. The molecule has 0 aliphatic carbocycles. The monoisotopic (exact) mass is 371 g/mol. The second kappa shape index (κ2) is 9.64. The van der Waals surface area contributed by atoms with E-state index in [0.717, 1.165) is 22.3 Å². The van der Waals surface area contributed by atoms with Crippen LogP contribution in [-0.4, -0.2) is 48.5 Å². The number of rotatable bonds is 6. The molecule has 3 N–H and O–H groups in total. The SMILES string of the molecule is C=c1cccc/c1=C/C(BNC(=O)[C@@H]1CCCN1C(=O)[C@@H](N)CS)=C\C. The van der Waals surface area contributed by atoms with Crippen LogP contribution in [0.3, 0.4) is 0 Å². The van der Waals surface area contributed by atoms with Gasteiger partial charge in [0, 0.05) is 12.3 Å². The number of nitrogens with zero attached hydrogens (tertiary/aromatic N) is 1. The van der Waals surface area contributed by atoms with Gasteiger partial charge in [-0.1, -0.05) is 48.5 Å². The van der Waals surface area contributed by atoms with Crippen molar-refractivity contribution in [3.63, 3.8) is 0 Å². The van der Waals surface area contributed by atoms with Crippen LogP contribution in [0.25, 0.3) is 12.7 Å². The van der Waals surface area contributed by atoms with Crippen molar-refractivity contribution in [1.29, 1.82) is 0 Å². The van der Waals surface area contributed by atoms with Crippen molar-refractivity contribution in [2.45, 2.75) is 31.8 Å². The highest BCUT2D eigenvalue weighted by Gasteiger charge is 2.35. The molecule has 1 aromatic rings. The number of allylic oxidation sites excluding steroid dienone is 2. The number of carbonyl (C=O) groups excluding carboxylic acids is 2. The Morgan fingerprint density at radius 3 is 2.88 bits per heavy atom. The fourth-order valence-electron chi connectivity index (χ4n) is 3.01. The minimum Gasteiger partial charge on any atom is -0.396 e. The number of thiol groups is 1. The van der Waals surface area contributed by atoms with Crippen LogP contribution >= 0.6 is 12.6 Å². The van der Waals surface area contributed by atoms with Crippen molar-refractivity contribution >= 4 is 44.5 Å². The third kappa shape index (κ3) is 5.02. The third-order valence-corrected chi connectivity index (χ3v) is 4.98. The van der Waals surface area contributed by atoms with Gasteiger partial charge in [-0.25, -0.2) is 0 Å². The van der Waals surface area contributed by atoms with Crippen molar-refractivity contribution in [3.05, 3.63) is 46.3 Å². The van der Waals surface area contributed by atoms with Crippen LogP contribution in [0.5, 0.6) is 0 Å². The van der Waals surface area contributed by atoms with Gasteiger partial charge in [0.1, 0.15) is 6.04 Å². The molecule has 0 spiro atoms. The Balaban J connectivity index is 2.03. The Bertz CT molecular complexity index is 796. The number of hydrogen-bond donors (Lipinski definition) is 3. The van der Waals surface area contributed by atoms with Crippen LogP contribution in [0.1, 0.15) is 19.8 Å². The fraction of sp³-hybridized carbons (Fsp3) is 0.368. The van der Waals surface area contributed by atoms with Crippen LogP contribution in [-0.2, 0) is 9.59 Å². The summed E-state index contributed by atoms with van der Waals surface area (Å²) >= 11 is 4.08. The van der Waals surface area contributed by atoms with E-state index in [0.29, 0.717) is 20.4 Å². The summed E-state index contributed by atoms with van der Waals surface area (Å²) in [6, 6.07) is 6.72. The van der Waals surface area contributed by atoms with Crippen LogP contribution in [0.2, 0.25) is 0 Å². The molecule has 1 aliphatic rings. The van der Waals surface area contributed by atoms with Crippen LogP contribution in [0.15, 0.2) is 35.8 Å². The number of benzene rings is 1. The lowest BCUT2D eigenvalue weighted by Crippen LogP contribution is -2.52.